The molecule has 194 valence electrons. The zero-order valence-electron chi connectivity index (χ0n) is 21.0. The molecule has 4 nitrogen and oxygen atoms in total. The molecule has 3 fully saturated rings. The number of ether oxygens (including phenoxy) is 1. The molecule has 6 rings (SSSR count). The smallest absolute Gasteiger partial charge is 0.232 e. The Morgan fingerprint density at radius 3 is 2.64 bits per heavy atom. The number of benzene rings is 2. The number of likely N-dealkylation sites (tertiary alicyclic amines) is 1. The van der Waals surface area contributed by atoms with Crippen LogP contribution in [0.5, 0.6) is 5.75 Å². The lowest BCUT2D eigenvalue weighted by atomic mass is 9.67. The normalized spacial score (nSPS) is 30.4. The second-order valence-corrected chi connectivity index (χ2v) is 12.1. The van der Waals surface area contributed by atoms with Crippen LogP contribution in [-0.2, 0) is 10.2 Å². The molecule has 1 amide bonds. The Kier molecular flexibility index (Phi) is 8.00. The van der Waals surface area contributed by atoms with Crippen molar-refractivity contribution in [3.8, 4) is 5.75 Å². The van der Waals surface area contributed by atoms with E-state index in [-0.39, 0.29) is 23.7 Å². The lowest BCUT2D eigenvalue weighted by Crippen LogP contribution is -3.00. The number of halogens is 2. The Balaban J connectivity index is 0.00000267. The molecule has 2 N–H and O–H groups in total. The summed E-state index contributed by atoms with van der Waals surface area (Å²) in [4.78, 5) is 16.9. The van der Waals surface area contributed by atoms with Crippen LogP contribution in [0.3, 0.4) is 0 Å². The predicted molar refractivity (Wildman–Crippen MR) is 142 cm³/mol. The van der Waals surface area contributed by atoms with Crippen LogP contribution in [0.15, 0.2) is 53.0 Å². The van der Waals surface area contributed by atoms with E-state index in [2.05, 4.69) is 74.7 Å². The molecule has 2 saturated heterocycles. The first-order chi connectivity index (χ1) is 17.2. The topological polar surface area (TPSA) is 46.1 Å². The molecule has 1 spiro atoms. The van der Waals surface area contributed by atoms with E-state index < -0.39 is 0 Å². The summed E-state index contributed by atoms with van der Waals surface area (Å²) in [5.41, 5.74) is 2.56. The summed E-state index contributed by atoms with van der Waals surface area (Å²) in [6, 6.07) is 17.8. The van der Waals surface area contributed by atoms with Crippen molar-refractivity contribution in [1.29, 1.82) is 0 Å². The Morgan fingerprint density at radius 2 is 1.83 bits per heavy atom. The van der Waals surface area contributed by atoms with Gasteiger partial charge in [-0.2, -0.15) is 0 Å². The molecule has 4 aliphatic rings. The maximum atomic E-state index is 14.5. The number of amides is 1. The average Bonchev–Trinajstić information content (AvgIpc) is 3.33. The summed E-state index contributed by atoms with van der Waals surface area (Å²) >= 11 is 3.71. The van der Waals surface area contributed by atoms with Gasteiger partial charge in [-0.1, -0.05) is 61.7 Å². The summed E-state index contributed by atoms with van der Waals surface area (Å²) in [7, 11) is 0. The van der Waals surface area contributed by atoms with Gasteiger partial charge in [0.15, 0.2) is 0 Å². The molecule has 1 unspecified atom stereocenters. The molecule has 3 heterocycles. The minimum absolute atomic E-state index is 0. The Labute approximate surface area is 230 Å². The van der Waals surface area contributed by atoms with Crippen LogP contribution >= 0.6 is 15.9 Å². The van der Waals surface area contributed by atoms with Gasteiger partial charge in [0, 0.05) is 18.2 Å². The molecule has 3 aliphatic heterocycles. The maximum absolute atomic E-state index is 14.5. The fourth-order valence-electron chi connectivity index (χ4n) is 7.77. The van der Waals surface area contributed by atoms with Crippen molar-refractivity contribution in [2.24, 2.45) is 11.8 Å². The van der Waals surface area contributed by atoms with Gasteiger partial charge in [0.05, 0.1) is 29.6 Å². The lowest BCUT2D eigenvalue weighted by Gasteiger charge is -2.47. The van der Waals surface area contributed by atoms with Crippen molar-refractivity contribution in [2.75, 3.05) is 26.2 Å². The molecule has 4 atom stereocenters. The zero-order valence-corrected chi connectivity index (χ0v) is 23.4. The molecular formula is C30H38BrClN2O2. The maximum Gasteiger partial charge on any atom is 0.232 e. The van der Waals surface area contributed by atoms with Gasteiger partial charge in [-0.25, -0.2) is 0 Å². The SMILES string of the molecule is O=C(C1C[NH2+]C[C@]12CCOc1c(Br)cccc12)N1CC[C@@H](c2ccccc2)C[C@H]1C1CCCCC1.[Cl-]. The average molecular weight is 574 g/mol. The third kappa shape index (κ3) is 4.61. The summed E-state index contributed by atoms with van der Waals surface area (Å²) in [6.07, 6.45) is 9.67. The molecule has 6 heteroatoms. The number of hydrogen-bond donors (Lipinski definition) is 1. The standard InChI is InChI=1S/C30H37BrN2O2.ClH/c31-26-13-7-12-24-28(26)35-17-15-30(24)20-32-19-25(30)29(34)33-16-14-23(21-8-3-1-4-9-21)18-27(33)22-10-5-2-6-11-22;/h1,3-4,7-9,12-13,22-23,25,27,32H,2,5-6,10-11,14-20H2;1H/t23-,25?,27+,30+;/m1./s1. The number of hydrogen-bond acceptors (Lipinski definition) is 2. The van der Waals surface area contributed by atoms with Crippen LogP contribution in [0.4, 0.5) is 0 Å². The van der Waals surface area contributed by atoms with Gasteiger partial charge >= 0.3 is 0 Å². The van der Waals surface area contributed by atoms with Crippen molar-refractivity contribution < 1.29 is 27.3 Å². The highest BCUT2D eigenvalue weighted by molar-refractivity contribution is 9.10. The number of para-hydroxylation sites is 1. The van der Waals surface area contributed by atoms with Crippen LogP contribution in [-0.4, -0.2) is 43.1 Å². The third-order valence-electron chi connectivity index (χ3n) is 9.57. The van der Waals surface area contributed by atoms with Crippen molar-refractivity contribution in [3.63, 3.8) is 0 Å². The van der Waals surface area contributed by atoms with Crippen molar-refractivity contribution in [2.45, 2.75) is 68.7 Å². The molecule has 0 aromatic heterocycles. The monoisotopic (exact) mass is 572 g/mol. The van der Waals surface area contributed by atoms with E-state index >= 15 is 0 Å². The highest BCUT2D eigenvalue weighted by Gasteiger charge is 2.56. The second-order valence-electron chi connectivity index (χ2n) is 11.3. The van der Waals surface area contributed by atoms with Crippen LogP contribution in [0.25, 0.3) is 0 Å². The van der Waals surface area contributed by atoms with E-state index in [1.165, 1.54) is 43.2 Å². The zero-order chi connectivity index (χ0) is 23.8. The number of quaternary nitrogens is 1. The van der Waals surface area contributed by atoms with E-state index in [9.17, 15) is 4.79 Å². The molecule has 2 aromatic carbocycles. The van der Waals surface area contributed by atoms with Crippen molar-refractivity contribution >= 4 is 21.8 Å². The van der Waals surface area contributed by atoms with Crippen molar-refractivity contribution in [1.82, 2.24) is 4.90 Å². The van der Waals surface area contributed by atoms with E-state index in [1.54, 1.807) is 0 Å². The second kappa shape index (κ2) is 11.0. The van der Waals surface area contributed by atoms with Crippen molar-refractivity contribution in [3.05, 3.63) is 64.1 Å². The molecule has 1 saturated carbocycles. The van der Waals surface area contributed by atoms with Gasteiger partial charge in [-0.3, -0.25) is 4.79 Å². The highest BCUT2D eigenvalue weighted by Crippen LogP contribution is 2.48. The van der Waals surface area contributed by atoms with E-state index in [1.807, 2.05) is 0 Å². The molecule has 2 aromatic rings. The summed E-state index contributed by atoms with van der Waals surface area (Å²) in [6.45, 7) is 3.45. The van der Waals surface area contributed by atoms with E-state index in [0.29, 0.717) is 30.4 Å². The van der Waals surface area contributed by atoms with Gasteiger partial charge in [0.2, 0.25) is 5.91 Å². The summed E-state index contributed by atoms with van der Waals surface area (Å²) in [5.74, 6) is 2.61. The van der Waals surface area contributed by atoms with Gasteiger partial charge in [-0.15, -0.1) is 0 Å². The van der Waals surface area contributed by atoms with Crippen LogP contribution in [0.2, 0.25) is 0 Å². The van der Waals surface area contributed by atoms with Gasteiger partial charge in [0.1, 0.15) is 11.7 Å². The number of nitrogens with two attached hydrogens (primary N) is 1. The molecule has 0 bridgehead atoms. The number of carbonyl (C=O) groups excluding carboxylic acids is 1. The Morgan fingerprint density at radius 1 is 1.03 bits per heavy atom. The quantitative estimate of drug-likeness (QED) is 0.611. The number of nitrogens with zero attached hydrogens (tertiary/aromatic N) is 1. The Hall–Kier alpha value is -1.56. The summed E-state index contributed by atoms with van der Waals surface area (Å²) in [5, 5.41) is 2.38. The fraction of sp³-hybridized carbons (Fsp3) is 0.567. The molecule has 36 heavy (non-hydrogen) atoms. The molecule has 1 aliphatic carbocycles. The Bertz CT molecular complexity index is 1060. The van der Waals surface area contributed by atoms with Crippen LogP contribution in [0, 0.1) is 11.8 Å². The first-order valence-electron chi connectivity index (χ1n) is 13.8. The minimum Gasteiger partial charge on any atom is -1.00 e. The van der Waals surface area contributed by atoms with Crippen LogP contribution in [0.1, 0.15) is 68.4 Å². The predicted octanol–water partition coefficient (Wildman–Crippen LogP) is 2.02. The first kappa shape index (κ1) is 26.1. The van der Waals surface area contributed by atoms with Gasteiger partial charge in [0.25, 0.3) is 0 Å². The third-order valence-corrected chi connectivity index (χ3v) is 10.2. The van der Waals surface area contributed by atoms with Gasteiger partial charge < -0.3 is 27.4 Å². The number of carbonyl (C=O) groups is 1. The number of fused-ring (bicyclic) bond motifs is 2. The fourth-order valence-corrected chi connectivity index (χ4v) is 8.25. The lowest BCUT2D eigenvalue weighted by molar-refractivity contribution is -0.640. The minimum atomic E-state index is -0.123. The van der Waals surface area contributed by atoms with Crippen LogP contribution < -0.4 is 22.5 Å². The van der Waals surface area contributed by atoms with E-state index in [4.69, 9.17) is 4.74 Å². The number of rotatable bonds is 3. The van der Waals surface area contributed by atoms with Gasteiger partial charge in [-0.05, 0) is 71.5 Å². The number of piperidine rings is 1. The first-order valence-corrected chi connectivity index (χ1v) is 14.6. The summed E-state index contributed by atoms with van der Waals surface area (Å²) < 4.78 is 7.12. The van der Waals surface area contributed by atoms with E-state index in [0.717, 1.165) is 49.1 Å². The highest BCUT2D eigenvalue weighted by atomic mass is 79.9. The molecule has 0 radical (unpaired) electrons. The molecular weight excluding hydrogens is 536 g/mol. The largest absolute Gasteiger partial charge is 1.00 e.